The van der Waals surface area contributed by atoms with Crippen molar-refractivity contribution in [1.29, 1.82) is 0 Å². The van der Waals surface area contributed by atoms with Crippen LogP contribution in [0.1, 0.15) is 46.8 Å². The van der Waals surface area contributed by atoms with Crippen molar-refractivity contribution in [2.75, 3.05) is 26.7 Å². The van der Waals surface area contributed by atoms with Crippen LogP contribution in [0.2, 0.25) is 0 Å². The van der Waals surface area contributed by atoms with Gasteiger partial charge in [0, 0.05) is 37.9 Å². The van der Waals surface area contributed by atoms with Crippen molar-refractivity contribution in [2.24, 2.45) is 0 Å². The Hall–Kier alpha value is -3.18. The highest BCUT2D eigenvalue weighted by molar-refractivity contribution is 5.94. The van der Waals surface area contributed by atoms with E-state index in [1.54, 1.807) is 25.4 Å². The number of methoxy groups -OCH3 is 1. The lowest BCUT2D eigenvalue weighted by molar-refractivity contribution is 0.0734. The number of pyridine rings is 1. The Morgan fingerprint density at radius 1 is 1.03 bits per heavy atom. The Balaban J connectivity index is 1.23. The summed E-state index contributed by atoms with van der Waals surface area (Å²) < 4.78 is 5.09. The molecular formula is C29H33N3O2. The van der Waals surface area contributed by atoms with E-state index in [0.717, 1.165) is 32.0 Å². The molecule has 176 valence electrons. The summed E-state index contributed by atoms with van der Waals surface area (Å²) in [6.45, 7) is 6.09. The summed E-state index contributed by atoms with van der Waals surface area (Å²) in [6.07, 6.45) is 6.24. The third-order valence-electron chi connectivity index (χ3n) is 7.36. The van der Waals surface area contributed by atoms with Crippen LogP contribution in [0.15, 0.2) is 60.8 Å². The number of hydrogen-bond donors (Lipinski definition) is 0. The minimum Gasteiger partial charge on any atom is -0.481 e. The maximum absolute atomic E-state index is 12.9. The standard InChI is InChI=1S/C29H33N3O2/c1-21-4-3-15-31(21)16-13-22-5-7-23(8-6-22)24-9-10-27-20-32(17-14-25(27)18-24)29(33)26-11-12-28(34-2)30-19-26/h5-12,18-19,21H,3-4,13-17,20H2,1-2H3/t21-/m1/s1. The summed E-state index contributed by atoms with van der Waals surface area (Å²) in [4.78, 5) is 21.6. The van der Waals surface area contributed by atoms with Gasteiger partial charge in [0.15, 0.2) is 0 Å². The first kappa shape index (κ1) is 22.6. The molecule has 0 N–H and O–H groups in total. The zero-order valence-electron chi connectivity index (χ0n) is 20.2. The molecule has 3 aromatic rings. The summed E-state index contributed by atoms with van der Waals surface area (Å²) in [7, 11) is 1.57. The highest BCUT2D eigenvalue weighted by Gasteiger charge is 2.23. The highest BCUT2D eigenvalue weighted by Crippen LogP contribution is 2.28. The Kier molecular flexibility index (Phi) is 6.63. The minimum atomic E-state index is 0.0174. The molecule has 3 heterocycles. The summed E-state index contributed by atoms with van der Waals surface area (Å²) in [5.74, 6) is 0.533. The monoisotopic (exact) mass is 455 g/mol. The van der Waals surface area contributed by atoms with Gasteiger partial charge in [-0.3, -0.25) is 4.79 Å². The van der Waals surface area contributed by atoms with Gasteiger partial charge in [0.05, 0.1) is 12.7 Å². The molecule has 1 fully saturated rings. The first-order chi connectivity index (χ1) is 16.6. The van der Waals surface area contributed by atoms with Gasteiger partial charge < -0.3 is 14.5 Å². The molecule has 2 aliphatic heterocycles. The van der Waals surface area contributed by atoms with Crippen molar-refractivity contribution < 1.29 is 9.53 Å². The second kappa shape index (κ2) is 9.98. The molecule has 0 spiro atoms. The Morgan fingerprint density at radius 3 is 2.56 bits per heavy atom. The molecule has 0 unspecified atom stereocenters. The average molecular weight is 456 g/mol. The van der Waals surface area contributed by atoms with Crippen LogP contribution >= 0.6 is 0 Å². The highest BCUT2D eigenvalue weighted by atomic mass is 16.5. The smallest absolute Gasteiger partial charge is 0.255 e. The quantitative estimate of drug-likeness (QED) is 0.526. The molecule has 1 aromatic heterocycles. The van der Waals surface area contributed by atoms with Crippen LogP contribution in [-0.4, -0.2) is 53.5 Å². The lowest BCUT2D eigenvalue weighted by Gasteiger charge is -2.29. The Morgan fingerprint density at radius 2 is 1.85 bits per heavy atom. The lowest BCUT2D eigenvalue weighted by Crippen LogP contribution is -2.36. The molecule has 34 heavy (non-hydrogen) atoms. The van der Waals surface area contributed by atoms with Gasteiger partial charge in [0.1, 0.15) is 0 Å². The molecule has 0 bridgehead atoms. The van der Waals surface area contributed by atoms with Gasteiger partial charge in [-0.05, 0) is 73.0 Å². The molecule has 0 radical (unpaired) electrons. The zero-order valence-corrected chi connectivity index (χ0v) is 20.2. The first-order valence-electron chi connectivity index (χ1n) is 12.4. The number of benzene rings is 2. The topological polar surface area (TPSA) is 45.7 Å². The number of likely N-dealkylation sites (tertiary alicyclic amines) is 1. The summed E-state index contributed by atoms with van der Waals surface area (Å²) in [5.41, 5.74) is 7.06. The number of carbonyl (C=O) groups is 1. The number of nitrogens with zero attached hydrogens (tertiary/aromatic N) is 3. The van der Waals surface area contributed by atoms with E-state index in [0.29, 0.717) is 18.0 Å². The van der Waals surface area contributed by atoms with E-state index < -0.39 is 0 Å². The molecule has 0 saturated carbocycles. The number of aromatic nitrogens is 1. The van der Waals surface area contributed by atoms with E-state index in [-0.39, 0.29) is 5.91 Å². The van der Waals surface area contributed by atoms with Gasteiger partial charge in [-0.25, -0.2) is 4.98 Å². The van der Waals surface area contributed by atoms with E-state index in [1.807, 2.05) is 4.90 Å². The summed E-state index contributed by atoms with van der Waals surface area (Å²) in [5, 5.41) is 0. The minimum absolute atomic E-state index is 0.0174. The predicted octanol–water partition coefficient (Wildman–Crippen LogP) is 4.98. The normalized spacial score (nSPS) is 18.1. The summed E-state index contributed by atoms with van der Waals surface area (Å²) >= 11 is 0. The number of ether oxygens (including phenoxy) is 1. The van der Waals surface area contributed by atoms with E-state index in [1.165, 1.54) is 47.2 Å². The predicted molar refractivity (Wildman–Crippen MR) is 135 cm³/mol. The van der Waals surface area contributed by atoms with Crippen molar-refractivity contribution in [3.05, 3.63) is 83.0 Å². The molecular weight excluding hydrogens is 422 g/mol. The molecule has 5 heteroatoms. The second-order valence-electron chi connectivity index (χ2n) is 9.52. The molecule has 0 aliphatic carbocycles. The number of amides is 1. The van der Waals surface area contributed by atoms with E-state index in [4.69, 9.17) is 4.74 Å². The number of fused-ring (bicyclic) bond motifs is 1. The summed E-state index contributed by atoms with van der Waals surface area (Å²) in [6, 6.07) is 20.0. The molecule has 2 aromatic carbocycles. The van der Waals surface area contributed by atoms with Gasteiger partial charge in [0.2, 0.25) is 5.88 Å². The van der Waals surface area contributed by atoms with Crippen LogP contribution in [0.3, 0.4) is 0 Å². The number of rotatable bonds is 6. The van der Waals surface area contributed by atoms with Crippen LogP contribution < -0.4 is 4.74 Å². The van der Waals surface area contributed by atoms with Gasteiger partial charge in [-0.1, -0.05) is 42.5 Å². The van der Waals surface area contributed by atoms with E-state index in [9.17, 15) is 4.79 Å². The molecule has 5 nitrogen and oxygen atoms in total. The SMILES string of the molecule is COc1ccc(C(=O)N2CCc3cc(-c4ccc(CCN5CCC[C@H]5C)cc4)ccc3C2)cn1. The zero-order chi connectivity index (χ0) is 23.5. The van der Waals surface area contributed by atoms with Gasteiger partial charge in [-0.15, -0.1) is 0 Å². The average Bonchev–Trinajstić information content (AvgIpc) is 3.31. The van der Waals surface area contributed by atoms with Crippen LogP contribution in [0.5, 0.6) is 5.88 Å². The van der Waals surface area contributed by atoms with Gasteiger partial charge in [0.25, 0.3) is 5.91 Å². The van der Waals surface area contributed by atoms with Crippen molar-refractivity contribution in [1.82, 2.24) is 14.8 Å². The molecule has 2 aliphatic rings. The molecule has 5 rings (SSSR count). The first-order valence-corrected chi connectivity index (χ1v) is 12.4. The van der Waals surface area contributed by atoms with E-state index >= 15 is 0 Å². The van der Waals surface area contributed by atoms with Crippen LogP contribution in [0.4, 0.5) is 0 Å². The van der Waals surface area contributed by atoms with Crippen molar-refractivity contribution in [3.8, 4) is 17.0 Å². The molecule has 1 atom stereocenters. The fraction of sp³-hybridized carbons (Fsp3) is 0.379. The Labute approximate surface area is 202 Å². The molecule has 1 amide bonds. The number of carbonyl (C=O) groups excluding carboxylic acids is 1. The Bertz CT molecular complexity index is 1140. The lowest BCUT2D eigenvalue weighted by atomic mass is 9.94. The van der Waals surface area contributed by atoms with Crippen LogP contribution in [0.25, 0.3) is 11.1 Å². The van der Waals surface area contributed by atoms with Crippen molar-refractivity contribution >= 4 is 5.91 Å². The van der Waals surface area contributed by atoms with Crippen molar-refractivity contribution in [3.63, 3.8) is 0 Å². The largest absolute Gasteiger partial charge is 0.481 e. The maximum atomic E-state index is 12.9. The third kappa shape index (κ3) is 4.85. The molecule has 1 saturated heterocycles. The van der Waals surface area contributed by atoms with Crippen molar-refractivity contribution in [2.45, 2.75) is 45.2 Å². The van der Waals surface area contributed by atoms with Crippen LogP contribution in [-0.2, 0) is 19.4 Å². The van der Waals surface area contributed by atoms with Gasteiger partial charge >= 0.3 is 0 Å². The van der Waals surface area contributed by atoms with Gasteiger partial charge in [-0.2, -0.15) is 0 Å². The second-order valence-corrected chi connectivity index (χ2v) is 9.52. The fourth-order valence-electron chi connectivity index (χ4n) is 5.18. The number of hydrogen-bond acceptors (Lipinski definition) is 4. The van der Waals surface area contributed by atoms with Crippen LogP contribution in [0, 0.1) is 0 Å². The fourth-order valence-corrected chi connectivity index (χ4v) is 5.18. The third-order valence-corrected chi connectivity index (χ3v) is 7.36. The van der Waals surface area contributed by atoms with E-state index in [2.05, 4.69) is 59.3 Å². The maximum Gasteiger partial charge on any atom is 0.255 e.